The number of carbonyl (C=O) groups excluding carboxylic acids is 2. The molecule has 4 unspecified atom stereocenters. The maximum Gasteiger partial charge on any atom is 0.317 e. The topological polar surface area (TPSA) is 103 Å². The Kier molecular flexibility index (Phi) is 4.76. The maximum absolute atomic E-state index is 12.6. The zero-order chi connectivity index (χ0) is 20.0. The van der Waals surface area contributed by atoms with E-state index in [1.807, 2.05) is 21.5 Å². The van der Waals surface area contributed by atoms with Gasteiger partial charge < -0.3 is 19.7 Å². The zero-order valence-electron chi connectivity index (χ0n) is 15.9. The summed E-state index contributed by atoms with van der Waals surface area (Å²) in [7, 11) is 0. The van der Waals surface area contributed by atoms with E-state index in [9.17, 15) is 19.8 Å². The Labute approximate surface area is 162 Å². The molecule has 8 nitrogen and oxygen atoms in total. The van der Waals surface area contributed by atoms with E-state index in [0.717, 1.165) is 11.4 Å². The van der Waals surface area contributed by atoms with Gasteiger partial charge in [-0.15, -0.1) is 0 Å². The largest absolute Gasteiger partial charge is 0.465 e. The van der Waals surface area contributed by atoms with Gasteiger partial charge >= 0.3 is 11.9 Å². The van der Waals surface area contributed by atoms with Crippen LogP contribution >= 0.6 is 0 Å². The highest BCUT2D eigenvalue weighted by Crippen LogP contribution is 2.37. The fraction of sp³-hybridized carbons (Fsp3) is 0.500. The zero-order valence-corrected chi connectivity index (χ0v) is 15.9. The quantitative estimate of drug-likeness (QED) is 0.749. The Hall–Kier alpha value is -2.58. The standard InChI is InChI=1S/C20H24N2O6/c1-3-27-19(25)17-13-7-5-12-10-16(24)18(20(26)28-4-2)14-8-6-11(9-15(17)23)22(14)21(12)13/h5-8,15-18,23-24H,3-4,9-10H2,1-2H3. The van der Waals surface area contributed by atoms with E-state index in [-0.39, 0.29) is 26.1 Å². The van der Waals surface area contributed by atoms with E-state index < -0.39 is 36.0 Å². The minimum Gasteiger partial charge on any atom is -0.465 e. The summed E-state index contributed by atoms with van der Waals surface area (Å²) in [4.78, 5) is 25.2. The van der Waals surface area contributed by atoms with Crippen LogP contribution in [0.4, 0.5) is 0 Å². The second-order valence-electron chi connectivity index (χ2n) is 7.13. The van der Waals surface area contributed by atoms with Gasteiger partial charge in [0.1, 0.15) is 11.8 Å². The van der Waals surface area contributed by atoms with Gasteiger partial charge in [0, 0.05) is 24.2 Å². The molecular formula is C20H24N2O6. The number of rotatable bonds is 4. The van der Waals surface area contributed by atoms with Gasteiger partial charge in [-0.1, -0.05) is 0 Å². The van der Waals surface area contributed by atoms with Gasteiger partial charge in [-0.3, -0.25) is 18.9 Å². The van der Waals surface area contributed by atoms with E-state index in [4.69, 9.17) is 9.47 Å². The molecule has 2 aliphatic rings. The molecule has 2 aliphatic heterocycles. The molecule has 0 aromatic carbocycles. The number of hydrogen-bond donors (Lipinski definition) is 2. The number of aromatic nitrogens is 2. The van der Waals surface area contributed by atoms with Crippen LogP contribution in [0.1, 0.15) is 48.5 Å². The smallest absolute Gasteiger partial charge is 0.317 e. The van der Waals surface area contributed by atoms with E-state index >= 15 is 0 Å². The highest BCUT2D eigenvalue weighted by atomic mass is 16.5. The van der Waals surface area contributed by atoms with E-state index in [1.165, 1.54) is 0 Å². The summed E-state index contributed by atoms with van der Waals surface area (Å²) in [6.07, 6.45) is -1.49. The van der Waals surface area contributed by atoms with Crippen molar-refractivity contribution in [2.75, 3.05) is 13.2 Å². The molecule has 0 fully saturated rings. The van der Waals surface area contributed by atoms with Gasteiger partial charge in [-0.2, -0.15) is 0 Å². The minimum atomic E-state index is -0.963. The molecular weight excluding hydrogens is 364 g/mol. The van der Waals surface area contributed by atoms with Crippen LogP contribution in [0.2, 0.25) is 0 Å². The highest BCUT2D eigenvalue weighted by Gasteiger charge is 2.42. The lowest BCUT2D eigenvalue weighted by Gasteiger charge is -2.21. The van der Waals surface area contributed by atoms with Crippen molar-refractivity contribution in [1.29, 1.82) is 0 Å². The van der Waals surface area contributed by atoms with Crippen LogP contribution in [-0.2, 0) is 31.9 Å². The molecule has 0 aliphatic carbocycles. The first-order chi connectivity index (χ1) is 13.5. The van der Waals surface area contributed by atoms with Gasteiger partial charge in [0.05, 0.1) is 36.8 Å². The predicted octanol–water partition coefficient (Wildman–Crippen LogP) is 0.728. The first-order valence-corrected chi connectivity index (χ1v) is 9.59. The van der Waals surface area contributed by atoms with Crippen LogP contribution in [0, 0.1) is 0 Å². The molecule has 0 bridgehead atoms. The van der Waals surface area contributed by atoms with Crippen LogP contribution in [0.3, 0.4) is 0 Å². The molecule has 28 heavy (non-hydrogen) atoms. The summed E-state index contributed by atoms with van der Waals surface area (Å²) in [6, 6.07) is 7.17. The summed E-state index contributed by atoms with van der Waals surface area (Å²) in [6.45, 7) is 3.89. The number of carbonyl (C=O) groups is 2. The second-order valence-corrected chi connectivity index (χ2v) is 7.13. The Bertz CT molecular complexity index is 840. The number of aliphatic hydroxyl groups excluding tert-OH is 2. The van der Waals surface area contributed by atoms with Crippen molar-refractivity contribution in [2.45, 2.75) is 50.7 Å². The predicted molar refractivity (Wildman–Crippen MR) is 97.8 cm³/mol. The third kappa shape index (κ3) is 2.75. The highest BCUT2D eigenvalue weighted by molar-refractivity contribution is 5.80. The van der Waals surface area contributed by atoms with Gasteiger partial charge in [-0.05, 0) is 38.1 Å². The van der Waals surface area contributed by atoms with Crippen molar-refractivity contribution < 1.29 is 29.3 Å². The maximum atomic E-state index is 12.6. The molecule has 8 heteroatoms. The first-order valence-electron chi connectivity index (χ1n) is 9.59. The molecule has 4 atom stereocenters. The Morgan fingerprint density at radius 1 is 0.857 bits per heavy atom. The summed E-state index contributed by atoms with van der Waals surface area (Å²) in [5.41, 5.74) is 2.65. The molecule has 0 saturated heterocycles. The molecule has 150 valence electrons. The SMILES string of the molecule is CCOC(=O)C1c2ccc3n2-n2c(ccc2C(C(=O)OCC)C(O)C3)CC1O. The van der Waals surface area contributed by atoms with Crippen LogP contribution in [0.15, 0.2) is 24.3 Å². The first kappa shape index (κ1) is 18.8. The lowest BCUT2D eigenvalue weighted by Crippen LogP contribution is -2.30. The van der Waals surface area contributed by atoms with Gasteiger partial charge in [-0.25, -0.2) is 0 Å². The third-order valence-corrected chi connectivity index (χ3v) is 5.45. The van der Waals surface area contributed by atoms with E-state index in [0.29, 0.717) is 11.4 Å². The van der Waals surface area contributed by atoms with Crippen LogP contribution < -0.4 is 0 Å². The Morgan fingerprint density at radius 3 is 1.61 bits per heavy atom. The average molecular weight is 388 g/mol. The number of aliphatic hydroxyl groups is 2. The monoisotopic (exact) mass is 388 g/mol. The fourth-order valence-electron chi connectivity index (χ4n) is 4.32. The van der Waals surface area contributed by atoms with Crippen molar-refractivity contribution >= 4 is 11.9 Å². The molecule has 4 heterocycles. The number of hydrogen-bond acceptors (Lipinski definition) is 6. The Morgan fingerprint density at radius 2 is 1.25 bits per heavy atom. The second kappa shape index (κ2) is 7.10. The molecule has 2 N–H and O–H groups in total. The molecule has 4 rings (SSSR count). The molecule has 0 saturated carbocycles. The fourth-order valence-corrected chi connectivity index (χ4v) is 4.32. The van der Waals surface area contributed by atoms with Crippen LogP contribution in [0.5, 0.6) is 0 Å². The number of nitrogens with zero attached hydrogens (tertiary/aromatic N) is 2. The van der Waals surface area contributed by atoms with Crippen LogP contribution in [-0.4, -0.2) is 56.9 Å². The van der Waals surface area contributed by atoms with Gasteiger partial charge in [0.15, 0.2) is 0 Å². The summed E-state index contributed by atoms with van der Waals surface area (Å²) in [5.74, 6) is -2.68. The number of esters is 2. The molecule has 0 radical (unpaired) electrons. The van der Waals surface area contributed by atoms with Crippen LogP contribution in [0.25, 0.3) is 0 Å². The van der Waals surface area contributed by atoms with E-state index in [1.54, 1.807) is 26.0 Å². The number of ether oxygens (including phenoxy) is 2. The molecule has 2 aromatic rings. The summed E-state index contributed by atoms with van der Waals surface area (Å²) in [5, 5.41) is 21.6. The van der Waals surface area contributed by atoms with Crippen molar-refractivity contribution in [3.05, 3.63) is 47.0 Å². The Balaban J connectivity index is 1.91. The summed E-state index contributed by atoms with van der Waals surface area (Å²) < 4.78 is 14.0. The lowest BCUT2D eigenvalue weighted by molar-refractivity contribution is -0.149. The normalized spacial score (nSPS) is 25.4. The summed E-state index contributed by atoms with van der Waals surface area (Å²) >= 11 is 0. The van der Waals surface area contributed by atoms with Gasteiger partial charge in [0.2, 0.25) is 0 Å². The molecule has 2 aromatic heterocycles. The van der Waals surface area contributed by atoms with Crippen molar-refractivity contribution in [3.63, 3.8) is 0 Å². The van der Waals surface area contributed by atoms with Gasteiger partial charge in [0.25, 0.3) is 0 Å². The third-order valence-electron chi connectivity index (χ3n) is 5.45. The minimum absolute atomic E-state index is 0.218. The molecule has 0 spiro atoms. The van der Waals surface area contributed by atoms with Crippen molar-refractivity contribution in [1.82, 2.24) is 9.35 Å². The van der Waals surface area contributed by atoms with Crippen molar-refractivity contribution in [3.8, 4) is 0 Å². The molecule has 0 amide bonds. The average Bonchev–Trinajstić information content (AvgIpc) is 3.14. The van der Waals surface area contributed by atoms with E-state index in [2.05, 4.69) is 0 Å². The van der Waals surface area contributed by atoms with Crippen molar-refractivity contribution in [2.24, 2.45) is 0 Å². The lowest BCUT2D eigenvalue weighted by atomic mass is 9.95.